The molecule has 1 aliphatic heterocycles. The molecule has 36 heavy (non-hydrogen) atoms. The molecule has 196 valence electrons. The first kappa shape index (κ1) is 28.4. The number of carbonyl (C=O) groups excluding carboxylic acids is 2. The predicted molar refractivity (Wildman–Crippen MR) is 143 cm³/mol. The highest BCUT2D eigenvalue weighted by Gasteiger charge is 2.39. The average Bonchev–Trinajstić information content (AvgIpc) is 3.28. The first-order chi connectivity index (χ1) is 17.1. The van der Waals surface area contributed by atoms with Gasteiger partial charge in [0.15, 0.2) is 0 Å². The number of hydrogen-bond donors (Lipinski definition) is 2. The Bertz CT molecular complexity index is 1100. The van der Waals surface area contributed by atoms with Gasteiger partial charge < -0.3 is 33.8 Å². The molecule has 2 heterocycles. The zero-order valence-electron chi connectivity index (χ0n) is 20.4. The van der Waals surface area contributed by atoms with E-state index in [4.69, 9.17) is 23.2 Å². The lowest BCUT2D eigenvalue weighted by atomic mass is 9.98. The number of nitrogens with one attached hydrogen (secondary N) is 2. The van der Waals surface area contributed by atoms with Crippen molar-refractivity contribution in [1.82, 2.24) is 10.6 Å². The molecule has 1 aromatic heterocycles. The summed E-state index contributed by atoms with van der Waals surface area (Å²) in [6.07, 6.45) is -0.169. The molecule has 1 saturated heterocycles. The van der Waals surface area contributed by atoms with E-state index in [-0.39, 0.29) is 50.1 Å². The second kappa shape index (κ2) is 12.8. The van der Waals surface area contributed by atoms with Gasteiger partial charge in [-0.25, -0.2) is 4.79 Å². The van der Waals surface area contributed by atoms with Crippen molar-refractivity contribution < 1.29 is 32.7 Å². The molecule has 0 radical (unpaired) electrons. The summed E-state index contributed by atoms with van der Waals surface area (Å²) < 4.78 is 27.7. The lowest BCUT2D eigenvalue weighted by molar-refractivity contribution is 0.0498. The molecule has 2 atom stereocenters. The van der Waals surface area contributed by atoms with E-state index in [0.717, 1.165) is 5.56 Å². The molecule has 0 aliphatic carbocycles. The normalized spacial score (nSPS) is 17.8. The van der Waals surface area contributed by atoms with E-state index in [1.165, 1.54) is 6.07 Å². The minimum absolute atomic E-state index is 0.0321. The van der Waals surface area contributed by atoms with Gasteiger partial charge in [0, 0.05) is 19.2 Å². The molecule has 0 saturated carbocycles. The Labute approximate surface area is 224 Å². The van der Waals surface area contributed by atoms with Gasteiger partial charge in [0.2, 0.25) is 16.9 Å². The molecule has 10 nitrogen and oxygen atoms in total. The Morgan fingerprint density at radius 1 is 1.19 bits per heavy atom. The number of hydrogen-bond acceptors (Lipinski definition) is 8. The van der Waals surface area contributed by atoms with Gasteiger partial charge in [-0.1, -0.05) is 30.3 Å². The van der Waals surface area contributed by atoms with Crippen LogP contribution >= 0.6 is 28.5 Å². The third-order valence-corrected chi connectivity index (χ3v) is 6.30. The Kier molecular flexibility index (Phi) is 10.1. The largest absolute Gasteiger partial charge is 0.481 e. The molecule has 0 spiro atoms. The molecular formula is C24H30IN2O8P. The van der Waals surface area contributed by atoms with Crippen LogP contribution in [-0.4, -0.2) is 42.9 Å². The van der Waals surface area contributed by atoms with Gasteiger partial charge in [-0.3, -0.25) is 9.59 Å². The molecule has 2 amide bonds. The molecule has 1 aliphatic rings. The topological polar surface area (TPSA) is 125 Å². The summed E-state index contributed by atoms with van der Waals surface area (Å²) in [4.78, 5) is 38.5. The summed E-state index contributed by atoms with van der Waals surface area (Å²) in [6, 6.07) is 10.5. The molecule has 2 N–H and O–H groups in total. The maximum atomic E-state index is 13.4. The van der Waals surface area contributed by atoms with Gasteiger partial charge >= 0.3 is 6.09 Å². The van der Waals surface area contributed by atoms with Gasteiger partial charge in [0.1, 0.15) is 24.6 Å². The molecule has 1 aromatic carbocycles. The predicted octanol–water partition coefficient (Wildman–Crippen LogP) is 4.09. The van der Waals surface area contributed by atoms with Gasteiger partial charge in [0.05, 0.1) is 18.6 Å². The summed E-state index contributed by atoms with van der Waals surface area (Å²) in [6.45, 7) is 6.16. The second-order valence-electron chi connectivity index (χ2n) is 9.27. The first-order valence-electron chi connectivity index (χ1n) is 11.3. The monoisotopic (exact) mass is 632 g/mol. The van der Waals surface area contributed by atoms with E-state index < -0.39 is 28.6 Å². The standard InChI is InChI=1S/C24H30IN2O8P/c1-23(2,3)35-22(30)26-14-24(9-10-31-15-24)27-21(29)20-19(32-12-16-7-5-4-6-8-16)18(28)11-17(34-20)13-33-36-25/h4-8,11,36H,9-10,12-15H2,1-3H3,(H,26,30)(H,27,29). The Hall–Kier alpha value is -2.21. The summed E-state index contributed by atoms with van der Waals surface area (Å²) in [5.41, 5.74) is -1.26. The van der Waals surface area contributed by atoms with Crippen LogP contribution in [-0.2, 0) is 27.2 Å². The highest BCUT2D eigenvalue weighted by molar-refractivity contribution is 14.2. The van der Waals surface area contributed by atoms with Crippen LogP contribution in [0.5, 0.6) is 5.75 Å². The lowest BCUT2D eigenvalue weighted by Gasteiger charge is -2.29. The van der Waals surface area contributed by atoms with E-state index in [2.05, 4.69) is 32.7 Å². The fraction of sp³-hybridized carbons (Fsp3) is 0.458. The smallest absolute Gasteiger partial charge is 0.407 e. The zero-order valence-corrected chi connectivity index (χ0v) is 23.5. The van der Waals surface area contributed by atoms with E-state index >= 15 is 0 Å². The number of alkyl carbamates (subject to hydrolysis) is 1. The Balaban J connectivity index is 1.82. The zero-order chi connectivity index (χ0) is 26.2. The molecule has 1 fully saturated rings. The summed E-state index contributed by atoms with van der Waals surface area (Å²) in [7, 11) is 0. The number of benzene rings is 1. The summed E-state index contributed by atoms with van der Waals surface area (Å²) in [5.74, 6) is -0.932. The third kappa shape index (κ3) is 8.43. The van der Waals surface area contributed by atoms with Crippen molar-refractivity contribution >= 4 is 40.5 Å². The maximum absolute atomic E-state index is 13.4. The average molecular weight is 632 g/mol. The van der Waals surface area contributed by atoms with E-state index in [1.54, 1.807) is 20.8 Å². The van der Waals surface area contributed by atoms with Crippen molar-refractivity contribution in [3.8, 4) is 5.75 Å². The number of carbonyl (C=O) groups is 2. The van der Waals surface area contributed by atoms with Crippen LogP contribution in [0, 0.1) is 0 Å². The molecule has 2 aromatic rings. The second-order valence-corrected chi connectivity index (χ2v) is 11.0. The summed E-state index contributed by atoms with van der Waals surface area (Å²) in [5, 5.41) is 5.58. The first-order valence-corrected chi connectivity index (χ1v) is 15.3. The van der Waals surface area contributed by atoms with Gasteiger partial charge in [-0.05, 0) is 54.8 Å². The van der Waals surface area contributed by atoms with Crippen LogP contribution in [0.4, 0.5) is 4.79 Å². The van der Waals surface area contributed by atoms with Crippen molar-refractivity contribution in [2.75, 3.05) is 19.8 Å². The van der Waals surface area contributed by atoms with E-state index in [9.17, 15) is 14.4 Å². The van der Waals surface area contributed by atoms with Crippen LogP contribution in [0.25, 0.3) is 0 Å². The van der Waals surface area contributed by atoms with Crippen molar-refractivity contribution in [1.29, 1.82) is 0 Å². The van der Waals surface area contributed by atoms with E-state index in [0.29, 0.717) is 13.0 Å². The molecular weight excluding hydrogens is 602 g/mol. The van der Waals surface area contributed by atoms with Gasteiger partial charge in [0.25, 0.3) is 5.91 Å². The van der Waals surface area contributed by atoms with Crippen molar-refractivity contribution in [3.05, 3.63) is 63.7 Å². The number of rotatable bonds is 10. The number of amides is 2. The minimum atomic E-state index is -0.917. The van der Waals surface area contributed by atoms with Gasteiger partial charge in [-0.2, -0.15) is 0 Å². The lowest BCUT2D eigenvalue weighted by Crippen LogP contribution is -2.56. The van der Waals surface area contributed by atoms with Crippen LogP contribution < -0.4 is 20.8 Å². The van der Waals surface area contributed by atoms with Crippen molar-refractivity contribution in [3.63, 3.8) is 0 Å². The van der Waals surface area contributed by atoms with Crippen molar-refractivity contribution in [2.24, 2.45) is 0 Å². The summed E-state index contributed by atoms with van der Waals surface area (Å²) >= 11 is 2.05. The number of ether oxygens (including phenoxy) is 3. The maximum Gasteiger partial charge on any atom is 0.407 e. The van der Waals surface area contributed by atoms with Crippen LogP contribution in [0.15, 0.2) is 45.6 Å². The highest BCUT2D eigenvalue weighted by atomic mass is 127. The van der Waals surface area contributed by atoms with Crippen LogP contribution in [0.2, 0.25) is 0 Å². The quantitative estimate of drug-likeness (QED) is 0.297. The minimum Gasteiger partial charge on any atom is -0.481 e. The molecule has 2 unspecified atom stereocenters. The number of halogens is 1. The molecule has 0 bridgehead atoms. The van der Waals surface area contributed by atoms with Crippen LogP contribution in [0.1, 0.15) is 49.1 Å². The van der Waals surface area contributed by atoms with E-state index in [1.807, 2.05) is 30.3 Å². The van der Waals surface area contributed by atoms with Crippen molar-refractivity contribution in [2.45, 2.75) is 51.5 Å². The van der Waals surface area contributed by atoms with Gasteiger partial charge in [-0.15, -0.1) is 0 Å². The Morgan fingerprint density at radius 2 is 1.94 bits per heavy atom. The highest BCUT2D eigenvalue weighted by Crippen LogP contribution is 2.26. The molecule has 12 heteroatoms. The SMILES string of the molecule is CC(C)(C)OC(=O)NCC1(NC(=O)c2oc(COPI)cc(=O)c2OCc2ccccc2)CCOC1. The third-order valence-electron chi connectivity index (χ3n) is 5.11. The molecule has 3 rings (SSSR count). The Morgan fingerprint density at radius 3 is 2.58 bits per heavy atom. The fourth-order valence-electron chi connectivity index (χ4n) is 3.46. The van der Waals surface area contributed by atoms with Crippen LogP contribution in [0.3, 0.4) is 0 Å². The fourth-order valence-corrected chi connectivity index (χ4v) is 4.12.